The Bertz CT molecular complexity index is 594. The third-order valence-corrected chi connectivity index (χ3v) is 3.71. The molecule has 0 saturated heterocycles. The maximum atomic E-state index is 5.97. The Kier molecular flexibility index (Phi) is 2.77. The zero-order valence-electron chi connectivity index (χ0n) is 10.6. The number of rotatable bonds is 2. The lowest BCUT2D eigenvalue weighted by Gasteiger charge is -2.14. The third-order valence-electron chi connectivity index (χ3n) is 3.71. The molecule has 0 heterocycles. The van der Waals surface area contributed by atoms with Crippen LogP contribution in [0.25, 0.3) is 21.5 Å². The van der Waals surface area contributed by atoms with Gasteiger partial charge in [-0.25, -0.2) is 0 Å². The number of benzene rings is 3. The predicted octanol–water partition coefficient (Wildman–Crippen LogP) is 4.01. The first kappa shape index (κ1) is 11.2. The van der Waals surface area contributed by atoms with Gasteiger partial charge in [-0.1, -0.05) is 55.5 Å². The highest BCUT2D eigenvalue weighted by Gasteiger charge is 2.10. The molecule has 0 atom stereocenters. The molecular weight excluding hydrogens is 218 g/mol. The van der Waals surface area contributed by atoms with E-state index in [1.807, 2.05) is 0 Å². The fourth-order valence-electron chi connectivity index (χ4n) is 2.91. The van der Waals surface area contributed by atoms with Crippen LogP contribution in [0.15, 0.2) is 48.5 Å². The summed E-state index contributed by atoms with van der Waals surface area (Å²) in [6.07, 6.45) is 1.05. The van der Waals surface area contributed by atoms with E-state index in [0.717, 1.165) is 6.42 Å². The zero-order chi connectivity index (χ0) is 12.5. The molecule has 0 bridgehead atoms. The van der Waals surface area contributed by atoms with Crippen LogP contribution in [0.2, 0.25) is 0 Å². The van der Waals surface area contributed by atoms with Gasteiger partial charge in [-0.3, -0.25) is 0 Å². The predicted molar refractivity (Wildman–Crippen MR) is 78.7 cm³/mol. The molecule has 0 saturated carbocycles. The molecule has 0 aliphatic carbocycles. The smallest absolute Gasteiger partial charge is 0.0190 e. The summed E-state index contributed by atoms with van der Waals surface area (Å²) in [5, 5.41) is 5.30. The Morgan fingerprint density at radius 3 is 1.44 bits per heavy atom. The number of fused-ring (bicyclic) bond motifs is 2. The van der Waals surface area contributed by atoms with Gasteiger partial charge >= 0.3 is 0 Å². The van der Waals surface area contributed by atoms with Gasteiger partial charge in [0.1, 0.15) is 0 Å². The van der Waals surface area contributed by atoms with Gasteiger partial charge in [0.25, 0.3) is 0 Å². The van der Waals surface area contributed by atoms with Crippen molar-refractivity contribution in [2.45, 2.75) is 19.9 Å². The average molecular weight is 235 g/mol. The van der Waals surface area contributed by atoms with E-state index in [2.05, 4.69) is 55.5 Å². The van der Waals surface area contributed by atoms with Gasteiger partial charge in [-0.15, -0.1) is 0 Å². The fourth-order valence-corrected chi connectivity index (χ4v) is 2.91. The first-order valence-corrected chi connectivity index (χ1v) is 6.48. The molecule has 18 heavy (non-hydrogen) atoms. The quantitative estimate of drug-likeness (QED) is 0.667. The summed E-state index contributed by atoms with van der Waals surface area (Å²) in [5.41, 5.74) is 8.67. The molecule has 0 fully saturated rings. The van der Waals surface area contributed by atoms with Crippen molar-refractivity contribution in [1.29, 1.82) is 0 Å². The fraction of sp³-hybridized carbons (Fsp3) is 0.176. The van der Waals surface area contributed by atoms with Gasteiger partial charge in [0.05, 0.1) is 0 Å². The van der Waals surface area contributed by atoms with Crippen molar-refractivity contribution in [3.63, 3.8) is 0 Å². The lowest BCUT2D eigenvalue weighted by molar-refractivity contribution is 1.10. The van der Waals surface area contributed by atoms with Crippen LogP contribution in [0.5, 0.6) is 0 Å². The molecule has 0 unspecified atom stereocenters. The molecule has 1 heteroatoms. The summed E-state index contributed by atoms with van der Waals surface area (Å²) in [6.45, 7) is 2.81. The molecule has 3 aromatic carbocycles. The maximum absolute atomic E-state index is 5.97. The molecule has 0 aliphatic rings. The Morgan fingerprint density at radius 1 is 0.722 bits per heavy atom. The van der Waals surface area contributed by atoms with Gasteiger partial charge < -0.3 is 5.73 Å². The van der Waals surface area contributed by atoms with Gasteiger partial charge in [0.2, 0.25) is 0 Å². The molecular formula is C17H17N. The summed E-state index contributed by atoms with van der Waals surface area (Å²) in [7, 11) is 0. The van der Waals surface area contributed by atoms with Crippen molar-refractivity contribution >= 4 is 21.5 Å². The van der Waals surface area contributed by atoms with Crippen molar-refractivity contribution in [3.05, 3.63) is 59.7 Å². The van der Waals surface area contributed by atoms with Crippen LogP contribution in [-0.4, -0.2) is 0 Å². The normalized spacial score (nSPS) is 11.2. The van der Waals surface area contributed by atoms with Crippen LogP contribution in [0, 0.1) is 0 Å². The minimum Gasteiger partial charge on any atom is -0.326 e. The minimum absolute atomic E-state index is 0.588. The largest absolute Gasteiger partial charge is 0.326 e. The molecule has 1 nitrogen and oxygen atoms in total. The second-order valence-corrected chi connectivity index (χ2v) is 4.61. The lowest BCUT2D eigenvalue weighted by atomic mass is 9.91. The zero-order valence-corrected chi connectivity index (χ0v) is 10.6. The Hall–Kier alpha value is -1.86. The van der Waals surface area contributed by atoms with Crippen LogP contribution in [0.1, 0.15) is 18.1 Å². The van der Waals surface area contributed by atoms with Crippen LogP contribution < -0.4 is 5.73 Å². The molecule has 0 radical (unpaired) electrons. The first-order valence-electron chi connectivity index (χ1n) is 6.48. The van der Waals surface area contributed by atoms with E-state index in [1.54, 1.807) is 0 Å². The molecule has 0 amide bonds. The lowest BCUT2D eigenvalue weighted by Crippen LogP contribution is -2.01. The maximum Gasteiger partial charge on any atom is 0.0190 e. The van der Waals surface area contributed by atoms with E-state index in [9.17, 15) is 0 Å². The Morgan fingerprint density at radius 2 is 1.11 bits per heavy atom. The van der Waals surface area contributed by atoms with E-state index in [0.29, 0.717) is 6.54 Å². The molecule has 0 aromatic heterocycles. The van der Waals surface area contributed by atoms with Gasteiger partial charge in [-0.05, 0) is 39.1 Å². The molecule has 2 N–H and O–H groups in total. The first-order chi connectivity index (χ1) is 8.86. The van der Waals surface area contributed by atoms with E-state index in [4.69, 9.17) is 5.73 Å². The van der Waals surface area contributed by atoms with Crippen LogP contribution in [0.3, 0.4) is 0 Å². The number of hydrogen-bond donors (Lipinski definition) is 1. The monoisotopic (exact) mass is 235 g/mol. The van der Waals surface area contributed by atoms with Gasteiger partial charge in [0.15, 0.2) is 0 Å². The van der Waals surface area contributed by atoms with Gasteiger partial charge in [-0.2, -0.15) is 0 Å². The summed E-state index contributed by atoms with van der Waals surface area (Å²) in [4.78, 5) is 0. The second kappa shape index (κ2) is 4.43. The van der Waals surface area contributed by atoms with Crippen molar-refractivity contribution in [2.75, 3.05) is 0 Å². The van der Waals surface area contributed by atoms with Crippen molar-refractivity contribution in [1.82, 2.24) is 0 Å². The number of aryl methyl sites for hydroxylation is 1. The minimum atomic E-state index is 0.588. The van der Waals surface area contributed by atoms with E-state index >= 15 is 0 Å². The summed E-state index contributed by atoms with van der Waals surface area (Å²) >= 11 is 0. The van der Waals surface area contributed by atoms with Crippen molar-refractivity contribution in [3.8, 4) is 0 Å². The summed E-state index contributed by atoms with van der Waals surface area (Å²) in [5.74, 6) is 0. The third kappa shape index (κ3) is 1.52. The van der Waals surface area contributed by atoms with Crippen molar-refractivity contribution < 1.29 is 0 Å². The Balaban J connectivity index is 2.61. The standard InChI is InChI=1S/C17H17N/c1-2-12-13-7-3-5-9-15(13)17(11-18)16-10-6-4-8-14(12)16/h3-10H,2,11,18H2,1H3. The molecule has 90 valence electrons. The molecule has 3 aromatic rings. The van der Waals surface area contributed by atoms with Gasteiger partial charge in [0, 0.05) is 6.54 Å². The highest BCUT2D eigenvalue weighted by molar-refractivity contribution is 6.05. The van der Waals surface area contributed by atoms with E-state index in [1.165, 1.54) is 32.7 Å². The Labute approximate surface area is 107 Å². The van der Waals surface area contributed by atoms with Crippen LogP contribution in [-0.2, 0) is 13.0 Å². The van der Waals surface area contributed by atoms with E-state index in [-0.39, 0.29) is 0 Å². The molecule has 0 aliphatic heterocycles. The summed E-state index contributed by atoms with van der Waals surface area (Å²) in [6, 6.07) is 17.2. The highest BCUT2D eigenvalue weighted by Crippen LogP contribution is 2.32. The topological polar surface area (TPSA) is 26.0 Å². The number of hydrogen-bond acceptors (Lipinski definition) is 1. The number of nitrogens with two attached hydrogens (primary N) is 1. The molecule has 0 spiro atoms. The SMILES string of the molecule is CCc1c2ccccc2c(CN)c2ccccc12. The second-order valence-electron chi connectivity index (χ2n) is 4.61. The molecule has 3 rings (SSSR count). The average Bonchev–Trinajstić information content (AvgIpc) is 2.44. The van der Waals surface area contributed by atoms with Crippen LogP contribution in [0.4, 0.5) is 0 Å². The van der Waals surface area contributed by atoms with Crippen molar-refractivity contribution in [2.24, 2.45) is 5.73 Å². The highest BCUT2D eigenvalue weighted by atomic mass is 14.5. The van der Waals surface area contributed by atoms with Crippen LogP contribution >= 0.6 is 0 Å². The summed E-state index contributed by atoms with van der Waals surface area (Å²) < 4.78 is 0. The van der Waals surface area contributed by atoms with E-state index < -0.39 is 0 Å².